The van der Waals surface area contributed by atoms with Crippen LogP contribution in [0.3, 0.4) is 0 Å². The van der Waals surface area contributed by atoms with Gasteiger partial charge in [0.15, 0.2) is 0 Å². The third kappa shape index (κ3) is 2.31. The molecule has 3 rings (SSSR count). The summed E-state index contributed by atoms with van der Waals surface area (Å²) in [7, 11) is 0. The molecule has 1 aromatic rings. The van der Waals surface area contributed by atoms with Crippen LogP contribution in [0.5, 0.6) is 0 Å². The molecule has 0 radical (unpaired) electrons. The lowest BCUT2D eigenvalue weighted by Gasteiger charge is -2.20. The summed E-state index contributed by atoms with van der Waals surface area (Å²) in [4.78, 5) is 16.3. The Balaban J connectivity index is 1.70. The van der Waals surface area contributed by atoms with E-state index >= 15 is 0 Å². The van der Waals surface area contributed by atoms with Crippen molar-refractivity contribution in [2.45, 2.75) is 38.4 Å². The van der Waals surface area contributed by atoms with E-state index in [-0.39, 0.29) is 17.8 Å². The van der Waals surface area contributed by atoms with Gasteiger partial charge in [-0.25, -0.2) is 4.68 Å². The fraction of sp³-hybridized carbons (Fsp3) is 0.727. The van der Waals surface area contributed by atoms with E-state index in [9.17, 15) is 4.79 Å². The highest BCUT2D eigenvalue weighted by molar-refractivity contribution is 7.99. The topological polar surface area (TPSA) is 71.8 Å². The summed E-state index contributed by atoms with van der Waals surface area (Å²) in [5.74, 6) is 2.95. The predicted octanol–water partition coefficient (Wildman–Crippen LogP) is 0.717. The number of aryl methyl sites for hydroxylation is 1. The minimum Gasteiger partial charge on any atom is -0.352 e. The minimum absolute atomic E-state index is 0.154. The van der Waals surface area contributed by atoms with Crippen LogP contribution >= 0.6 is 11.8 Å². The third-order valence-electron chi connectivity index (χ3n) is 3.29. The number of hydrogen-bond acceptors (Lipinski definition) is 5. The van der Waals surface area contributed by atoms with Crippen molar-refractivity contribution in [1.82, 2.24) is 20.1 Å². The molecule has 2 unspecified atom stereocenters. The summed E-state index contributed by atoms with van der Waals surface area (Å²) in [6.07, 6.45) is 2.05. The smallest absolute Gasteiger partial charge is 0.291 e. The fourth-order valence-corrected chi connectivity index (χ4v) is 3.36. The summed E-state index contributed by atoms with van der Waals surface area (Å²) in [6, 6.07) is 0.666. The Morgan fingerprint density at radius 2 is 2.44 bits per heavy atom. The fourth-order valence-electron chi connectivity index (χ4n) is 2.21. The maximum atomic E-state index is 12.0. The van der Waals surface area contributed by atoms with Gasteiger partial charge in [0.05, 0.1) is 0 Å². The van der Waals surface area contributed by atoms with Crippen LogP contribution < -0.4 is 10.6 Å². The Kier molecular flexibility index (Phi) is 3.15. The molecule has 2 aliphatic rings. The maximum Gasteiger partial charge on any atom is 0.291 e. The molecule has 98 valence electrons. The average molecular weight is 267 g/mol. The summed E-state index contributed by atoms with van der Waals surface area (Å²) in [5, 5.41) is 10.5. The second kappa shape index (κ2) is 4.79. The Labute approximate surface area is 110 Å². The predicted molar refractivity (Wildman–Crippen MR) is 70.9 cm³/mol. The van der Waals surface area contributed by atoms with Gasteiger partial charge < -0.3 is 10.6 Å². The first-order valence-electron chi connectivity index (χ1n) is 6.32. The molecule has 0 aliphatic carbocycles. The Bertz CT molecular complexity index is 454. The van der Waals surface area contributed by atoms with Crippen LogP contribution in [-0.4, -0.2) is 44.3 Å². The molecule has 7 heteroatoms. The lowest BCUT2D eigenvalue weighted by molar-refractivity contribution is 0.0930. The van der Waals surface area contributed by atoms with Crippen molar-refractivity contribution in [2.24, 2.45) is 0 Å². The van der Waals surface area contributed by atoms with E-state index in [1.54, 1.807) is 4.68 Å². The van der Waals surface area contributed by atoms with Crippen LogP contribution in [0.1, 0.15) is 30.4 Å². The summed E-state index contributed by atoms with van der Waals surface area (Å²) in [5.41, 5.74) is 0. The molecule has 1 amide bonds. The van der Waals surface area contributed by atoms with E-state index in [2.05, 4.69) is 27.6 Å². The summed E-state index contributed by atoms with van der Waals surface area (Å²) in [6.45, 7) is 2.93. The number of hydrogen-bond donors (Lipinski definition) is 2. The van der Waals surface area contributed by atoms with Gasteiger partial charge in [-0.15, -0.1) is 5.10 Å². The molecule has 1 aromatic heterocycles. The first kappa shape index (κ1) is 11.8. The molecule has 1 saturated heterocycles. The average Bonchev–Trinajstić information content (AvgIpc) is 2.96. The zero-order chi connectivity index (χ0) is 12.5. The Morgan fingerprint density at radius 3 is 3.22 bits per heavy atom. The molecular weight excluding hydrogens is 250 g/mol. The Hall–Kier alpha value is -1.24. The number of carbonyl (C=O) groups is 1. The maximum absolute atomic E-state index is 12.0. The van der Waals surface area contributed by atoms with Gasteiger partial charge in [-0.1, -0.05) is 0 Å². The second-order valence-electron chi connectivity index (χ2n) is 4.85. The number of rotatable bonds is 2. The van der Waals surface area contributed by atoms with Crippen LogP contribution in [-0.2, 0) is 6.54 Å². The van der Waals surface area contributed by atoms with E-state index in [1.807, 2.05) is 11.8 Å². The lowest BCUT2D eigenvalue weighted by atomic mass is 10.2. The number of carbonyl (C=O) groups excluding carboxylic acids is 1. The molecule has 2 N–H and O–H groups in total. The van der Waals surface area contributed by atoms with Gasteiger partial charge in [-0.2, -0.15) is 16.7 Å². The molecule has 6 nitrogen and oxygen atoms in total. The molecule has 18 heavy (non-hydrogen) atoms. The van der Waals surface area contributed by atoms with Gasteiger partial charge in [0.25, 0.3) is 5.91 Å². The van der Waals surface area contributed by atoms with Gasteiger partial charge in [0, 0.05) is 24.4 Å². The molecule has 3 heterocycles. The standard InChI is InChI=1S/C11H17N5OS/c1-7-2-4-16-11(12-7)14-9(15-16)10(17)13-8-3-5-18-6-8/h7-8H,2-6H2,1H3,(H,13,17)(H,12,14,15). The van der Waals surface area contributed by atoms with Gasteiger partial charge in [0.1, 0.15) is 0 Å². The van der Waals surface area contributed by atoms with Gasteiger partial charge in [0.2, 0.25) is 11.8 Å². The SMILES string of the molecule is CC1CCn2nc(C(=O)NC3CCSC3)nc2N1. The quantitative estimate of drug-likeness (QED) is 0.826. The second-order valence-corrected chi connectivity index (χ2v) is 6.00. The highest BCUT2D eigenvalue weighted by Crippen LogP contribution is 2.18. The van der Waals surface area contributed by atoms with Crippen molar-refractivity contribution in [3.05, 3.63) is 5.82 Å². The third-order valence-corrected chi connectivity index (χ3v) is 4.45. The molecule has 0 spiro atoms. The van der Waals surface area contributed by atoms with Crippen molar-refractivity contribution in [1.29, 1.82) is 0 Å². The van der Waals surface area contributed by atoms with Crippen molar-refractivity contribution < 1.29 is 4.79 Å². The zero-order valence-electron chi connectivity index (χ0n) is 10.3. The first-order chi connectivity index (χ1) is 8.72. The van der Waals surface area contributed by atoms with Crippen LogP contribution in [0.25, 0.3) is 0 Å². The number of aromatic nitrogens is 3. The van der Waals surface area contributed by atoms with Crippen molar-refractivity contribution >= 4 is 23.6 Å². The van der Waals surface area contributed by atoms with Crippen molar-refractivity contribution in [3.63, 3.8) is 0 Å². The number of amides is 1. The number of anilines is 1. The largest absolute Gasteiger partial charge is 0.352 e. The monoisotopic (exact) mass is 267 g/mol. The van der Waals surface area contributed by atoms with E-state index in [0.29, 0.717) is 12.0 Å². The molecular formula is C11H17N5OS. The summed E-state index contributed by atoms with van der Waals surface area (Å²) < 4.78 is 1.78. The van der Waals surface area contributed by atoms with Crippen molar-refractivity contribution in [2.75, 3.05) is 16.8 Å². The van der Waals surface area contributed by atoms with E-state index in [1.165, 1.54) is 0 Å². The van der Waals surface area contributed by atoms with E-state index in [4.69, 9.17) is 0 Å². The zero-order valence-corrected chi connectivity index (χ0v) is 11.2. The molecule has 2 atom stereocenters. The first-order valence-corrected chi connectivity index (χ1v) is 7.48. The number of nitrogens with one attached hydrogen (secondary N) is 2. The van der Waals surface area contributed by atoms with Gasteiger partial charge in [-0.3, -0.25) is 4.79 Å². The van der Waals surface area contributed by atoms with Crippen LogP contribution in [0.15, 0.2) is 0 Å². The highest BCUT2D eigenvalue weighted by atomic mass is 32.2. The van der Waals surface area contributed by atoms with Gasteiger partial charge in [-0.05, 0) is 25.5 Å². The number of thioether (sulfide) groups is 1. The minimum atomic E-state index is -0.154. The normalized spacial score (nSPS) is 26.5. The van der Waals surface area contributed by atoms with E-state index < -0.39 is 0 Å². The molecule has 0 saturated carbocycles. The number of fused-ring (bicyclic) bond motifs is 1. The molecule has 2 aliphatic heterocycles. The Morgan fingerprint density at radius 1 is 1.56 bits per heavy atom. The molecule has 1 fully saturated rings. The van der Waals surface area contributed by atoms with Gasteiger partial charge >= 0.3 is 0 Å². The summed E-state index contributed by atoms with van der Waals surface area (Å²) >= 11 is 1.87. The molecule has 0 aromatic carbocycles. The number of nitrogens with zero attached hydrogens (tertiary/aromatic N) is 3. The van der Waals surface area contributed by atoms with Crippen LogP contribution in [0.2, 0.25) is 0 Å². The van der Waals surface area contributed by atoms with Crippen LogP contribution in [0, 0.1) is 0 Å². The van der Waals surface area contributed by atoms with Crippen molar-refractivity contribution in [3.8, 4) is 0 Å². The van der Waals surface area contributed by atoms with Crippen LogP contribution in [0.4, 0.5) is 5.95 Å². The van der Waals surface area contributed by atoms with E-state index in [0.717, 1.165) is 30.9 Å². The molecule has 0 bridgehead atoms. The lowest BCUT2D eigenvalue weighted by Crippen LogP contribution is -2.35. The highest BCUT2D eigenvalue weighted by Gasteiger charge is 2.24.